The normalized spacial score (nSPS) is 12.0. The molecule has 0 radical (unpaired) electrons. The molecule has 1 unspecified atom stereocenters. The van der Waals surface area contributed by atoms with E-state index in [9.17, 15) is 9.59 Å². The molecule has 5 nitrogen and oxygen atoms in total. The zero-order chi connectivity index (χ0) is 16.0. The lowest BCUT2D eigenvalue weighted by Gasteiger charge is -2.19. The number of rotatable bonds is 6. The summed E-state index contributed by atoms with van der Waals surface area (Å²) in [6.45, 7) is 7.90. The average molecular weight is 292 g/mol. The van der Waals surface area contributed by atoms with E-state index in [-0.39, 0.29) is 5.92 Å². The molecule has 0 saturated heterocycles. The smallest absolute Gasteiger partial charge is 0.326 e. The first-order valence-electron chi connectivity index (χ1n) is 7.26. The molecule has 0 aliphatic carbocycles. The van der Waals surface area contributed by atoms with Gasteiger partial charge in [-0.1, -0.05) is 45.4 Å². The number of anilines is 1. The molecule has 0 aliphatic rings. The SMILES string of the molecule is CCCC(NC(=O)Nc1c(C)cccc1C(C)C)C(=O)O. The number of carbonyl (C=O) groups is 2. The zero-order valence-electron chi connectivity index (χ0n) is 13.1. The minimum atomic E-state index is -1.01. The summed E-state index contributed by atoms with van der Waals surface area (Å²) >= 11 is 0. The van der Waals surface area contributed by atoms with Gasteiger partial charge in [0.25, 0.3) is 0 Å². The van der Waals surface area contributed by atoms with Gasteiger partial charge in [-0.15, -0.1) is 0 Å². The molecule has 0 spiro atoms. The van der Waals surface area contributed by atoms with Crippen LogP contribution in [-0.4, -0.2) is 23.1 Å². The molecule has 0 bridgehead atoms. The number of carboxylic acids is 1. The van der Waals surface area contributed by atoms with Gasteiger partial charge in [0, 0.05) is 5.69 Å². The Balaban J connectivity index is 2.86. The van der Waals surface area contributed by atoms with Crippen molar-refractivity contribution in [2.45, 2.75) is 52.5 Å². The van der Waals surface area contributed by atoms with Crippen LogP contribution in [-0.2, 0) is 4.79 Å². The van der Waals surface area contributed by atoms with E-state index in [0.29, 0.717) is 12.8 Å². The highest BCUT2D eigenvalue weighted by Gasteiger charge is 2.20. The molecule has 0 fully saturated rings. The summed E-state index contributed by atoms with van der Waals surface area (Å²) in [5.41, 5.74) is 2.75. The third-order valence-corrected chi connectivity index (χ3v) is 3.35. The van der Waals surface area contributed by atoms with Crippen molar-refractivity contribution >= 4 is 17.7 Å². The van der Waals surface area contributed by atoms with Crippen LogP contribution in [0.25, 0.3) is 0 Å². The molecular formula is C16H24N2O3. The van der Waals surface area contributed by atoms with Crippen molar-refractivity contribution in [1.82, 2.24) is 5.32 Å². The first-order chi connectivity index (χ1) is 9.86. The minimum Gasteiger partial charge on any atom is -0.480 e. The number of benzene rings is 1. The van der Waals surface area contributed by atoms with Crippen molar-refractivity contribution in [2.24, 2.45) is 0 Å². The van der Waals surface area contributed by atoms with Gasteiger partial charge in [-0.2, -0.15) is 0 Å². The number of nitrogens with one attached hydrogen (secondary N) is 2. The van der Waals surface area contributed by atoms with Crippen molar-refractivity contribution in [3.8, 4) is 0 Å². The second-order valence-corrected chi connectivity index (χ2v) is 5.47. The lowest BCUT2D eigenvalue weighted by molar-refractivity contribution is -0.139. The molecule has 0 aliphatic heterocycles. The first-order valence-corrected chi connectivity index (χ1v) is 7.26. The third kappa shape index (κ3) is 4.77. The fourth-order valence-electron chi connectivity index (χ4n) is 2.20. The first kappa shape index (κ1) is 17.0. The maximum Gasteiger partial charge on any atom is 0.326 e. The van der Waals surface area contributed by atoms with Gasteiger partial charge < -0.3 is 15.7 Å². The summed E-state index contributed by atoms with van der Waals surface area (Å²) in [6.07, 6.45) is 1.10. The Morgan fingerprint density at radius 3 is 2.48 bits per heavy atom. The van der Waals surface area contributed by atoms with Crippen LogP contribution in [0.4, 0.5) is 10.5 Å². The maximum absolute atomic E-state index is 12.0. The fourth-order valence-corrected chi connectivity index (χ4v) is 2.20. The number of carbonyl (C=O) groups excluding carboxylic acids is 1. The molecule has 1 atom stereocenters. The zero-order valence-corrected chi connectivity index (χ0v) is 13.1. The lowest BCUT2D eigenvalue weighted by atomic mass is 9.98. The van der Waals surface area contributed by atoms with Crippen molar-refractivity contribution in [3.05, 3.63) is 29.3 Å². The standard InChI is InChI=1S/C16H24N2O3/c1-5-7-13(15(19)20)17-16(21)18-14-11(4)8-6-9-12(14)10(2)3/h6,8-10,13H,5,7H2,1-4H3,(H,19,20)(H2,17,18,21). The van der Waals surface area contributed by atoms with E-state index in [1.165, 1.54) is 0 Å². The molecule has 0 saturated carbocycles. The van der Waals surface area contributed by atoms with Crippen LogP contribution in [0.5, 0.6) is 0 Å². The van der Waals surface area contributed by atoms with Gasteiger partial charge in [0.2, 0.25) is 0 Å². The van der Waals surface area contributed by atoms with E-state index in [4.69, 9.17) is 5.11 Å². The molecule has 0 heterocycles. The fraction of sp³-hybridized carbons (Fsp3) is 0.500. The van der Waals surface area contributed by atoms with E-state index in [2.05, 4.69) is 24.5 Å². The number of amides is 2. The van der Waals surface area contributed by atoms with Gasteiger partial charge >= 0.3 is 12.0 Å². The number of para-hydroxylation sites is 1. The van der Waals surface area contributed by atoms with Crippen LogP contribution in [0.15, 0.2) is 18.2 Å². The Labute approximate surface area is 125 Å². The molecule has 0 aromatic heterocycles. The summed E-state index contributed by atoms with van der Waals surface area (Å²) in [5, 5.41) is 14.4. The highest BCUT2D eigenvalue weighted by atomic mass is 16.4. The lowest BCUT2D eigenvalue weighted by Crippen LogP contribution is -2.43. The van der Waals surface area contributed by atoms with Gasteiger partial charge in [-0.05, 0) is 30.4 Å². The summed E-state index contributed by atoms with van der Waals surface area (Å²) in [7, 11) is 0. The minimum absolute atomic E-state index is 0.270. The Morgan fingerprint density at radius 1 is 1.29 bits per heavy atom. The summed E-state index contributed by atoms with van der Waals surface area (Å²) in [4.78, 5) is 23.1. The second kappa shape index (κ2) is 7.67. The molecule has 1 aromatic carbocycles. The summed E-state index contributed by atoms with van der Waals surface area (Å²) < 4.78 is 0. The van der Waals surface area contributed by atoms with E-state index in [1.807, 2.05) is 32.0 Å². The van der Waals surface area contributed by atoms with Gasteiger partial charge in [0.1, 0.15) is 6.04 Å². The van der Waals surface area contributed by atoms with Crippen LogP contribution in [0, 0.1) is 6.92 Å². The van der Waals surface area contributed by atoms with Gasteiger partial charge in [-0.3, -0.25) is 0 Å². The number of aryl methyl sites for hydroxylation is 1. The molecule has 116 valence electrons. The largest absolute Gasteiger partial charge is 0.480 e. The number of hydrogen-bond donors (Lipinski definition) is 3. The van der Waals surface area contributed by atoms with Crippen molar-refractivity contribution in [2.75, 3.05) is 5.32 Å². The highest BCUT2D eigenvalue weighted by Crippen LogP contribution is 2.27. The molecular weight excluding hydrogens is 268 g/mol. The predicted molar refractivity (Wildman–Crippen MR) is 83.8 cm³/mol. The molecule has 5 heteroatoms. The highest BCUT2D eigenvalue weighted by molar-refractivity contribution is 5.93. The molecule has 1 rings (SSSR count). The van der Waals surface area contributed by atoms with Gasteiger partial charge in [0.15, 0.2) is 0 Å². The monoisotopic (exact) mass is 292 g/mol. The van der Waals surface area contributed by atoms with E-state index >= 15 is 0 Å². The van der Waals surface area contributed by atoms with E-state index < -0.39 is 18.0 Å². The molecule has 2 amide bonds. The van der Waals surface area contributed by atoms with Crippen LogP contribution >= 0.6 is 0 Å². The molecule has 21 heavy (non-hydrogen) atoms. The quantitative estimate of drug-likeness (QED) is 0.751. The summed E-state index contributed by atoms with van der Waals surface area (Å²) in [6, 6.07) is 4.50. The number of aliphatic carboxylic acids is 1. The number of urea groups is 1. The van der Waals surface area contributed by atoms with E-state index in [0.717, 1.165) is 16.8 Å². The van der Waals surface area contributed by atoms with Gasteiger partial charge in [-0.25, -0.2) is 9.59 Å². The Hall–Kier alpha value is -2.04. The number of carboxylic acid groups (broad SMARTS) is 1. The topological polar surface area (TPSA) is 78.4 Å². The van der Waals surface area contributed by atoms with Crippen LogP contribution in [0.1, 0.15) is 50.7 Å². The van der Waals surface area contributed by atoms with Crippen LogP contribution in [0.2, 0.25) is 0 Å². The Morgan fingerprint density at radius 2 is 1.95 bits per heavy atom. The molecule has 3 N–H and O–H groups in total. The van der Waals surface area contributed by atoms with Crippen molar-refractivity contribution in [1.29, 1.82) is 0 Å². The Kier molecular flexibility index (Phi) is 6.21. The second-order valence-electron chi connectivity index (χ2n) is 5.47. The van der Waals surface area contributed by atoms with Crippen LogP contribution < -0.4 is 10.6 Å². The van der Waals surface area contributed by atoms with E-state index in [1.54, 1.807) is 0 Å². The third-order valence-electron chi connectivity index (χ3n) is 3.35. The van der Waals surface area contributed by atoms with Crippen molar-refractivity contribution in [3.63, 3.8) is 0 Å². The van der Waals surface area contributed by atoms with Crippen LogP contribution in [0.3, 0.4) is 0 Å². The van der Waals surface area contributed by atoms with Crippen molar-refractivity contribution < 1.29 is 14.7 Å². The maximum atomic E-state index is 12.0. The predicted octanol–water partition coefficient (Wildman–Crippen LogP) is 3.49. The molecule has 1 aromatic rings. The van der Waals surface area contributed by atoms with Gasteiger partial charge in [0.05, 0.1) is 0 Å². The average Bonchev–Trinajstić information content (AvgIpc) is 2.40. The summed E-state index contributed by atoms with van der Waals surface area (Å²) in [5.74, 6) is -0.744. The number of hydrogen-bond acceptors (Lipinski definition) is 2. The Bertz CT molecular complexity index is 512.